The van der Waals surface area contributed by atoms with Gasteiger partial charge in [0.15, 0.2) is 0 Å². The Morgan fingerprint density at radius 3 is 2.47 bits per heavy atom. The van der Waals surface area contributed by atoms with Gasteiger partial charge in [0.05, 0.1) is 13.0 Å². The average Bonchev–Trinajstić information content (AvgIpc) is 2.76. The van der Waals surface area contributed by atoms with Crippen molar-refractivity contribution in [3.8, 4) is 0 Å². The lowest BCUT2D eigenvalue weighted by atomic mass is 10.1. The summed E-state index contributed by atoms with van der Waals surface area (Å²) >= 11 is 0. The van der Waals surface area contributed by atoms with E-state index >= 15 is 0 Å². The van der Waals surface area contributed by atoms with Crippen molar-refractivity contribution >= 4 is 23.4 Å². The Kier molecular flexibility index (Phi) is 7.81. The van der Waals surface area contributed by atoms with Crippen LogP contribution in [-0.4, -0.2) is 90.8 Å². The molecule has 1 atom stereocenters. The second kappa shape index (κ2) is 10.5. The average molecular weight is 416 g/mol. The molecule has 3 rings (SSSR count). The van der Waals surface area contributed by atoms with E-state index in [1.54, 1.807) is 4.90 Å². The number of rotatable bonds is 7. The SMILES string of the molecule is CCc1ccccc1NC(=O)C[C@@H]1C(=O)NCCN1C(=O)CN1CCN(CC)CC1. The first-order chi connectivity index (χ1) is 14.5. The van der Waals surface area contributed by atoms with Gasteiger partial charge in [-0.2, -0.15) is 0 Å². The van der Waals surface area contributed by atoms with Crippen molar-refractivity contribution < 1.29 is 14.4 Å². The zero-order valence-corrected chi connectivity index (χ0v) is 18.0. The molecule has 0 aliphatic carbocycles. The van der Waals surface area contributed by atoms with Crippen molar-refractivity contribution in [1.82, 2.24) is 20.0 Å². The van der Waals surface area contributed by atoms with Crippen LogP contribution in [0, 0.1) is 0 Å². The number of carbonyl (C=O) groups is 3. The van der Waals surface area contributed by atoms with E-state index in [1.165, 1.54) is 0 Å². The molecule has 8 heteroatoms. The minimum Gasteiger partial charge on any atom is -0.353 e. The number of piperazine rings is 2. The van der Waals surface area contributed by atoms with Crippen LogP contribution >= 0.6 is 0 Å². The van der Waals surface area contributed by atoms with E-state index in [-0.39, 0.29) is 24.1 Å². The van der Waals surface area contributed by atoms with Crippen molar-refractivity contribution in [2.45, 2.75) is 32.7 Å². The standard InChI is InChI=1S/C22H33N5O3/c1-3-17-7-5-6-8-18(17)24-20(28)15-19-22(30)23-9-10-27(19)21(29)16-26-13-11-25(4-2)12-14-26/h5-8,19H,3-4,9-16H2,1-2H3,(H,23,30)(H,24,28)/t19-/m1/s1. The fraction of sp³-hybridized carbons (Fsp3) is 0.591. The normalized spacial score (nSPS) is 20.7. The lowest BCUT2D eigenvalue weighted by Crippen LogP contribution is -2.60. The summed E-state index contributed by atoms with van der Waals surface area (Å²) in [5.41, 5.74) is 1.80. The van der Waals surface area contributed by atoms with Crippen LogP contribution in [0.15, 0.2) is 24.3 Å². The van der Waals surface area contributed by atoms with Crippen LogP contribution in [0.4, 0.5) is 5.69 Å². The topological polar surface area (TPSA) is 85.0 Å². The highest BCUT2D eigenvalue weighted by molar-refractivity contribution is 5.98. The largest absolute Gasteiger partial charge is 0.353 e. The van der Waals surface area contributed by atoms with Gasteiger partial charge in [0, 0.05) is 45.0 Å². The maximum Gasteiger partial charge on any atom is 0.243 e. The van der Waals surface area contributed by atoms with Gasteiger partial charge in [-0.3, -0.25) is 19.3 Å². The van der Waals surface area contributed by atoms with E-state index in [1.807, 2.05) is 31.2 Å². The summed E-state index contributed by atoms with van der Waals surface area (Å²) in [6, 6.07) is 6.87. The highest BCUT2D eigenvalue weighted by atomic mass is 16.2. The molecule has 3 amide bonds. The van der Waals surface area contributed by atoms with E-state index < -0.39 is 6.04 Å². The summed E-state index contributed by atoms with van der Waals surface area (Å²) < 4.78 is 0. The third-order valence-electron chi connectivity index (χ3n) is 5.97. The van der Waals surface area contributed by atoms with E-state index in [4.69, 9.17) is 0 Å². The van der Waals surface area contributed by atoms with Crippen molar-refractivity contribution in [1.29, 1.82) is 0 Å². The number of anilines is 1. The number of carbonyl (C=O) groups excluding carboxylic acids is 3. The number of benzene rings is 1. The van der Waals surface area contributed by atoms with Crippen LogP contribution in [0.2, 0.25) is 0 Å². The third kappa shape index (κ3) is 5.58. The summed E-state index contributed by atoms with van der Waals surface area (Å²) in [5, 5.41) is 5.70. The highest BCUT2D eigenvalue weighted by Gasteiger charge is 2.35. The quantitative estimate of drug-likeness (QED) is 0.679. The van der Waals surface area contributed by atoms with Crippen molar-refractivity contribution in [3.05, 3.63) is 29.8 Å². The Morgan fingerprint density at radius 1 is 1.07 bits per heavy atom. The van der Waals surface area contributed by atoms with Gasteiger partial charge in [0.1, 0.15) is 6.04 Å². The van der Waals surface area contributed by atoms with Crippen molar-refractivity contribution in [3.63, 3.8) is 0 Å². The minimum atomic E-state index is -0.767. The fourth-order valence-corrected chi connectivity index (χ4v) is 4.09. The molecule has 2 N–H and O–H groups in total. The van der Waals surface area contributed by atoms with Gasteiger partial charge < -0.3 is 20.4 Å². The second-order valence-electron chi connectivity index (χ2n) is 7.87. The van der Waals surface area contributed by atoms with Crippen LogP contribution in [0.5, 0.6) is 0 Å². The maximum absolute atomic E-state index is 13.0. The summed E-state index contributed by atoms with van der Waals surface area (Å²) in [4.78, 5) is 44.2. The molecule has 164 valence electrons. The second-order valence-corrected chi connectivity index (χ2v) is 7.87. The summed E-state index contributed by atoms with van der Waals surface area (Å²) in [7, 11) is 0. The van der Waals surface area contributed by atoms with Crippen LogP contribution in [0.1, 0.15) is 25.8 Å². The van der Waals surface area contributed by atoms with Gasteiger partial charge in [0.2, 0.25) is 17.7 Å². The zero-order valence-electron chi connectivity index (χ0n) is 18.0. The van der Waals surface area contributed by atoms with E-state index in [0.717, 1.165) is 50.4 Å². The molecule has 0 unspecified atom stereocenters. The molecule has 8 nitrogen and oxygen atoms in total. The lowest BCUT2D eigenvalue weighted by molar-refractivity contribution is -0.145. The molecule has 0 spiro atoms. The molecule has 30 heavy (non-hydrogen) atoms. The van der Waals surface area contributed by atoms with Gasteiger partial charge in [-0.15, -0.1) is 0 Å². The number of para-hydroxylation sites is 1. The molecule has 2 aliphatic heterocycles. The van der Waals surface area contributed by atoms with Crippen LogP contribution in [0.25, 0.3) is 0 Å². The number of nitrogens with zero attached hydrogens (tertiary/aromatic N) is 3. The fourth-order valence-electron chi connectivity index (χ4n) is 4.09. The third-order valence-corrected chi connectivity index (χ3v) is 5.97. The number of hydrogen-bond acceptors (Lipinski definition) is 5. The molecule has 1 aromatic carbocycles. The maximum atomic E-state index is 13.0. The lowest BCUT2D eigenvalue weighted by Gasteiger charge is -2.38. The van der Waals surface area contributed by atoms with Gasteiger partial charge in [-0.25, -0.2) is 0 Å². The Labute approximate surface area is 178 Å². The molecular formula is C22H33N5O3. The Hall–Kier alpha value is -2.45. The first kappa shape index (κ1) is 22.2. The number of likely N-dealkylation sites (N-methyl/N-ethyl adjacent to an activating group) is 1. The number of aryl methyl sites for hydroxylation is 1. The van der Waals surface area contributed by atoms with Gasteiger partial charge in [0.25, 0.3) is 0 Å². The summed E-state index contributed by atoms with van der Waals surface area (Å²) in [6.45, 7) is 9.93. The molecule has 2 fully saturated rings. The van der Waals surface area contributed by atoms with E-state index in [9.17, 15) is 14.4 Å². The molecule has 0 aromatic heterocycles. The number of nitrogens with one attached hydrogen (secondary N) is 2. The molecule has 0 radical (unpaired) electrons. The Morgan fingerprint density at radius 2 is 1.77 bits per heavy atom. The smallest absolute Gasteiger partial charge is 0.243 e. The Bertz CT molecular complexity index is 761. The summed E-state index contributed by atoms with van der Waals surface area (Å²) in [6.07, 6.45) is 0.759. The number of hydrogen-bond donors (Lipinski definition) is 2. The molecule has 2 heterocycles. The highest BCUT2D eigenvalue weighted by Crippen LogP contribution is 2.17. The predicted octanol–water partition coefficient (Wildman–Crippen LogP) is 0.542. The molecule has 2 aliphatic rings. The van der Waals surface area contributed by atoms with Gasteiger partial charge in [-0.05, 0) is 24.6 Å². The van der Waals surface area contributed by atoms with E-state index in [0.29, 0.717) is 19.6 Å². The monoisotopic (exact) mass is 415 g/mol. The van der Waals surface area contributed by atoms with Crippen molar-refractivity contribution in [2.75, 3.05) is 57.7 Å². The Balaban J connectivity index is 1.60. The first-order valence-electron chi connectivity index (χ1n) is 10.9. The molecule has 2 saturated heterocycles. The van der Waals surface area contributed by atoms with Gasteiger partial charge >= 0.3 is 0 Å². The van der Waals surface area contributed by atoms with Crippen molar-refractivity contribution in [2.24, 2.45) is 0 Å². The van der Waals surface area contributed by atoms with Gasteiger partial charge in [-0.1, -0.05) is 32.0 Å². The summed E-state index contributed by atoms with van der Waals surface area (Å²) in [5.74, 6) is -0.599. The first-order valence-corrected chi connectivity index (χ1v) is 10.9. The zero-order chi connectivity index (χ0) is 21.5. The minimum absolute atomic E-state index is 0.0424. The molecular weight excluding hydrogens is 382 g/mol. The van der Waals surface area contributed by atoms with Crippen LogP contribution < -0.4 is 10.6 Å². The molecule has 0 bridgehead atoms. The predicted molar refractivity (Wildman–Crippen MR) is 116 cm³/mol. The van der Waals surface area contributed by atoms with Crippen LogP contribution in [0.3, 0.4) is 0 Å². The molecule has 1 aromatic rings. The van der Waals surface area contributed by atoms with Crippen LogP contribution in [-0.2, 0) is 20.8 Å². The molecule has 0 saturated carbocycles. The number of amides is 3. The van der Waals surface area contributed by atoms with E-state index in [2.05, 4.69) is 27.4 Å².